The largest absolute Gasteiger partial charge is 0.478 e. The Balaban J connectivity index is 1.84. The lowest BCUT2D eigenvalue weighted by Gasteiger charge is -2.14. The average molecular weight is 419 g/mol. The van der Waals surface area contributed by atoms with Gasteiger partial charge in [0.15, 0.2) is 0 Å². The van der Waals surface area contributed by atoms with Crippen molar-refractivity contribution in [3.8, 4) is 5.69 Å². The summed E-state index contributed by atoms with van der Waals surface area (Å²) in [6.07, 6.45) is 1.40. The number of ether oxygens (including phenoxy) is 1. The molecule has 0 unspecified atom stereocenters. The number of carbonyl (C=O) groups excluding carboxylic acids is 2. The summed E-state index contributed by atoms with van der Waals surface area (Å²) in [5.41, 5.74) is 5.82. The van der Waals surface area contributed by atoms with Crippen molar-refractivity contribution < 1.29 is 24.2 Å². The van der Waals surface area contributed by atoms with E-state index in [1.807, 2.05) is 26.0 Å². The van der Waals surface area contributed by atoms with E-state index in [2.05, 4.69) is 15.3 Å². The summed E-state index contributed by atoms with van der Waals surface area (Å²) in [6, 6.07) is 14.7. The minimum atomic E-state index is -1.09. The highest BCUT2D eigenvalue weighted by molar-refractivity contribution is 5.99. The summed E-state index contributed by atoms with van der Waals surface area (Å²) in [5.74, 6) is -2.06. The summed E-state index contributed by atoms with van der Waals surface area (Å²) < 4.78 is 6.46. The Labute approximate surface area is 178 Å². The first-order valence-electron chi connectivity index (χ1n) is 9.36. The number of aromatic nitrogens is 1. The predicted molar refractivity (Wildman–Crippen MR) is 115 cm³/mol. The highest BCUT2D eigenvalue weighted by Gasteiger charge is 2.17. The zero-order valence-corrected chi connectivity index (χ0v) is 17.2. The van der Waals surface area contributed by atoms with E-state index < -0.39 is 17.8 Å². The van der Waals surface area contributed by atoms with Crippen molar-refractivity contribution in [3.63, 3.8) is 0 Å². The van der Waals surface area contributed by atoms with Crippen LogP contribution >= 0.6 is 0 Å². The van der Waals surface area contributed by atoms with Gasteiger partial charge in [-0.2, -0.15) is 5.10 Å². The van der Waals surface area contributed by atoms with Crippen molar-refractivity contribution in [2.24, 2.45) is 5.10 Å². The van der Waals surface area contributed by atoms with Crippen LogP contribution in [0, 0.1) is 13.8 Å². The van der Waals surface area contributed by atoms with E-state index in [9.17, 15) is 19.5 Å². The predicted octanol–water partition coefficient (Wildman–Crippen LogP) is 3.34. The van der Waals surface area contributed by atoms with Gasteiger partial charge in [0.1, 0.15) is 0 Å². The Morgan fingerprint density at radius 1 is 1.00 bits per heavy atom. The zero-order chi connectivity index (χ0) is 22.5. The van der Waals surface area contributed by atoms with Crippen LogP contribution in [0.3, 0.4) is 0 Å². The molecule has 3 aromatic rings. The molecular formula is C23H21N3O5. The summed E-state index contributed by atoms with van der Waals surface area (Å²) in [4.78, 5) is 35.9. The molecule has 1 aromatic heterocycles. The van der Waals surface area contributed by atoms with Gasteiger partial charge in [-0.25, -0.2) is 15.0 Å². The van der Waals surface area contributed by atoms with E-state index in [0.29, 0.717) is 16.8 Å². The van der Waals surface area contributed by atoms with Crippen LogP contribution in [0.1, 0.15) is 48.0 Å². The number of methoxy groups -OCH3 is 1. The number of amides is 1. The van der Waals surface area contributed by atoms with Crippen molar-refractivity contribution in [1.82, 2.24) is 9.99 Å². The molecule has 0 radical (unpaired) electrons. The maximum absolute atomic E-state index is 12.6. The van der Waals surface area contributed by atoms with E-state index in [1.165, 1.54) is 31.5 Å². The number of aryl methyl sites for hydroxylation is 2. The van der Waals surface area contributed by atoms with Gasteiger partial charge in [0.05, 0.1) is 30.1 Å². The Bertz CT molecular complexity index is 1170. The van der Waals surface area contributed by atoms with Crippen LogP contribution < -0.4 is 5.43 Å². The minimum Gasteiger partial charge on any atom is -0.478 e. The highest BCUT2D eigenvalue weighted by atomic mass is 16.5. The molecule has 31 heavy (non-hydrogen) atoms. The molecule has 0 aliphatic heterocycles. The van der Waals surface area contributed by atoms with Gasteiger partial charge in [0, 0.05) is 17.0 Å². The third kappa shape index (κ3) is 4.69. The maximum atomic E-state index is 12.6. The van der Waals surface area contributed by atoms with Gasteiger partial charge < -0.3 is 14.4 Å². The smallest absolute Gasteiger partial charge is 0.337 e. The van der Waals surface area contributed by atoms with Gasteiger partial charge >= 0.3 is 11.9 Å². The Kier molecular flexibility index (Phi) is 6.30. The topological polar surface area (TPSA) is 110 Å². The highest BCUT2D eigenvalue weighted by Crippen LogP contribution is 2.22. The summed E-state index contributed by atoms with van der Waals surface area (Å²) in [5, 5.41) is 13.5. The number of hydrogen-bond acceptors (Lipinski definition) is 5. The van der Waals surface area contributed by atoms with E-state index in [4.69, 9.17) is 0 Å². The van der Waals surface area contributed by atoms with E-state index in [-0.39, 0.29) is 11.1 Å². The molecule has 3 rings (SSSR count). The second kappa shape index (κ2) is 9.08. The third-order valence-corrected chi connectivity index (χ3v) is 4.69. The molecule has 0 saturated heterocycles. The first kappa shape index (κ1) is 21.5. The first-order chi connectivity index (χ1) is 14.8. The molecule has 8 heteroatoms. The van der Waals surface area contributed by atoms with Crippen LogP contribution in [0.2, 0.25) is 0 Å². The fourth-order valence-electron chi connectivity index (χ4n) is 3.18. The van der Waals surface area contributed by atoms with Gasteiger partial charge in [0.25, 0.3) is 5.91 Å². The standard InChI is InChI=1S/C23H21N3O5/c1-14-7-8-15(2)26(14)20-12-17(9-10-19(20)22(28)29)21(27)25-24-13-16-5-4-6-18(11-16)23(30)31-3/h4-13H,1-3H3,(H,25,27)(H,28,29)/b24-13+. The van der Waals surface area contributed by atoms with E-state index >= 15 is 0 Å². The minimum absolute atomic E-state index is 0.0853. The molecular weight excluding hydrogens is 398 g/mol. The molecule has 0 spiro atoms. The quantitative estimate of drug-likeness (QED) is 0.362. The molecule has 1 heterocycles. The Morgan fingerprint density at radius 3 is 2.35 bits per heavy atom. The molecule has 0 fully saturated rings. The van der Waals surface area contributed by atoms with Crippen molar-refractivity contribution >= 4 is 24.1 Å². The monoisotopic (exact) mass is 419 g/mol. The maximum Gasteiger partial charge on any atom is 0.337 e. The third-order valence-electron chi connectivity index (χ3n) is 4.69. The molecule has 0 saturated carbocycles. The van der Waals surface area contributed by atoms with Crippen LogP contribution in [0.15, 0.2) is 59.7 Å². The number of carbonyl (C=O) groups is 3. The second-order valence-corrected chi connectivity index (χ2v) is 6.80. The van der Waals surface area contributed by atoms with E-state index in [1.54, 1.807) is 28.8 Å². The second-order valence-electron chi connectivity index (χ2n) is 6.80. The lowest BCUT2D eigenvalue weighted by Crippen LogP contribution is -2.19. The lowest BCUT2D eigenvalue weighted by atomic mass is 10.1. The van der Waals surface area contributed by atoms with E-state index in [0.717, 1.165) is 11.4 Å². The Morgan fingerprint density at radius 2 is 1.71 bits per heavy atom. The summed E-state index contributed by atoms with van der Waals surface area (Å²) in [6.45, 7) is 3.72. The van der Waals surface area contributed by atoms with Crippen LogP contribution in [0.25, 0.3) is 5.69 Å². The molecule has 2 N–H and O–H groups in total. The number of esters is 1. The molecule has 158 valence electrons. The number of carboxylic acid groups (broad SMARTS) is 1. The summed E-state index contributed by atoms with van der Waals surface area (Å²) in [7, 11) is 1.30. The lowest BCUT2D eigenvalue weighted by molar-refractivity contribution is 0.0599. The van der Waals surface area contributed by atoms with Crippen molar-refractivity contribution in [1.29, 1.82) is 0 Å². The van der Waals surface area contributed by atoms with Gasteiger partial charge in [-0.1, -0.05) is 12.1 Å². The van der Waals surface area contributed by atoms with Crippen molar-refractivity contribution in [3.05, 3.63) is 88.2 Å². The van der Waals surface area contributed by atoms with Gasteiger partial charge in [0.2, 0.25) is 0 Å². The number of hydrazone groups is 1. The molecule has 0 bridgehead atoms. The molecule has 0 aliphatic carbocycles. The number of carboxylic acids is 1. The van der Waals surface area contributed by atoms with Crippen molar-refractivity contribution in [2.45, 2.75) is 13.8 Å². The summed E-state index contributed by atoms with van der Waals surface area (Å²) >= 11 is 0. The normalized spacial score (nSPS) is 10.8. The van der Waals surface area contributed by atoms with Gasteiger partial charge in [-0.3, -0.25) is 4.79 Å². The molecule has 2 aromatic carbocycles. The zero-order valence-electron chi connectivity index (χ0n) is 17.2. The number of hydrogen-bond donors (Lipinski definition) is 2. The van der Waals surface area contributed by atoms with Crippen LogP contribution in [0.5, 0.6) is 0 Å². The number of nitrogens with one attached hydrogen (secondary N) is 1. The number of nitrogens with zero attached hydrogens (tertiary/aromatic N) is 2. The fraction of sp³-hybridized carbons (Fsp3) is 0.130. The Hall–Kier alpha value is -4.20. The molecule has 0 atom stereocenters. The van der Waals surface area contributed by atoms with Crippen molar-refractivity contribution in [2.75, 3.05) is 7.11 Å². The molecule has 1 amide bonds. The number of benzene rings is 2. The first-order valence-corrected chi connectivity index (χ1v) is 9.36. The van der Waals surface area contributed by atoms with Gasteiger partial charge in [-0.05, 0) is 61.9 Å². The van der Waals surface area contributed by atoms with Gasteiger partial charge in [-0.15, -0.1) is 0 Å². The molecule has 8 nitrogen and oxygen atoms in total. The number of rotatable bonds is 6. The molecule has 0 aliphatic rings. The SMILES string of the molecule is COC(=O)c1cccc(/C=N/NC(=O)c2ccc(C(=O)O)c(-n3c(C)ccc3C)c2)c1. The van der Waals surface area contributed by atoms with Crippen LogP contribution in [0.4, 0.5) is 0 Å². The van der Waals surface area contributed by atoms with Crippen LogP contribution in [-0.4, -0.2) is 40.8 Å². The van der Waals surface area contributed by atoms with Crippen LogP contribution in [-0.2, 0) is 4.74 Å². The number of aromatic carboxylic acids is 1. The fourth-order valence-corrected chi connectivity index (χ4v) is 3.18. The average Bonchev–Trinajstić information content (AvgIpc) is 3.10.